The van der Waals surface area contributed by atoms with E-state index in [1.807, 2.05) is 18.7 Å². The van der Waals surface area contributed by atoms with Gasteiger partial charge >= 0.3 is 0 Å². The molecule has 1 aliphatic heterocycles. The maximum Gasteiger partial charge on any atom is 0.249 e. The summed E-state index contributed by atoms with van der Waals surface area (Å²) in [7, 11) is 0. The highest BCUT2D eigenvalue weighted by atomic mass is 127. The van der Waals surface area contributed by atoms with E-state index in [2.05, 4.69) is 38.5 Å². The highest BCUT2D eigenvalue weighted by Crippen LogP contribution is 2.38. The second kappa shape index (κ2) is 3.20. The fourth-order valence-corrected chi connectivity index (χ4v) is 2.13. The summed E-state index contributed by atoms with van der Waals surface area (Å²) in [6.45, 7) is 4.97. The van der Waals surface area contributed by atoms with E-state index >= 15 is 0 Å². The number of hydrogen-bond acceptors (Lipinski definition) is 1. The summed E-state index contributed by atoms with van der Waals surface area (Å²) in [5.74, 6) is 0.216. The van der Waals surface area contributed by atoms with E-state index in [1.165, 1.54) is 0 Å². The predicted molar refractivity (Wildman–Crippen MR) is 57.1 cm³/mol. The molecule has 0 N–H and O–H groups in total. The number of halogens is 2. The van der Waals surface area contributed by atoms with Crippen LogP contribution in [0, 0.1) is 0 Å². The SMILES string of the molecule is CC(C)N1CCC(Br)(I)C1=O. The Labute approximate surface area is 89.0 Å². The molecule has 64 valence electrons. The molecule has 0 spiro atoms. The lowest BCUT2D eigenvalue weighted by Crippen LogP contribution is -2.36. The number of carbonyl (C=O) groups excluding carboxylic acids is 1. The molecule has 1 saturated heterocycles. The lowest BCUT2D eigenvalue weighted by atomic mass is 10.3. The molecule has 1 rings (SSSR count). The van der Waals surface area contributed by atoms with Crippen molar-refractivity contribution in [2.75, 3.05) is 6.54 Å². The lowest BCUT2D eigenvalue weighted by molar-refractivity contribution is -0.128. The highest BCUT2D eigenvalue weighted by Gasteiger charge is 2.42. The van der Waals surface area contributed by atoms with Crippen molar-refractivity contribution >= 4 is 44.4 Å². The number of rotatable bonds is 1. The summed E-state index contributed by atoms with van der Waals surface area (Å²) in [6, 6.07) is 0.330. The van der Waals surface area contributed by atoms with Crippen molar-refractivity contribution in [3.05, 3.63) is 0 Å². The molecule has 0 aromatic rings. The van der Waals surface area contributed by atoms with Gasteiger partial charge in [0.25, 0.3) is 0 Å². The van der Waals surface area contributed by atoms with Crippen LogP contribution in [0.2, 0.25) is 0 Å². The Morgan fingerprint density at radius 2 is 2.27 bits per heavy atom. The number of hydrogen-bond donors (Lipinski definition) is 0. The van der Waals surface area contributed by atoms with Crippen LogP contribution in [-0.4, -0.2) is 25.7 Å². The molecular formula is C7H11BrINO. The smallest absolute Gasteiger partial charge is 0.249 e. The molecule has 1 aliphatic rings. The zero-order valence-corrected chi connectivity index (χ0v) is 10.3. The van der Waals surface area contributed by atoms with Gasteiger partial charge in [0.05, 0.1) is 0 Å². The molecule has 4 heteroatoms. The van der Waals surface area contributed by atoms with Crippen LogP contribution in [0.4, 0.5) is 0 Å². The average molecular weight is 332 g/mol. The molecule has 0 aromatic carbocycles. The first-order valence-corrected chi connectivity index (χ1v) is 5.51. The summed E-state index contributed by atoms with van der Waals surface area (Å²) < 4.78 is -0.324. The Kier molecular flexibility index (Phi) is 2.84. The van der Waals surface area contributed by atoms with Gasteiger partial charge in [-0.2, -0.15) is 0 Å². The first-order valence-electron chi connectivity index (χ1n) is 3.64. The van der Waals surface area contributed by atoms with Crippen LogP contribution in [0.5, 0.6) is 0 Å². The third kappa shape index (κ3) is 1.88. The first-order chi connectivity index (χ1) is 4.95. The summed E-state index contributed by atoms with van der Waals surface area (Å²) in [5, 5.41) is 0. The van der Waals surface area contributed by atoms with Crippen molar-refractivity contribution in [3.63, 3.8) is 0 Å². The van der Waals surface area contributed by atoms with E-state index in [0.717, 1.165) is 13.0 Å². The molecule has 0 aromatic heterocycles. The molecule has 1 fully saturated rings. The number of likely N-dealkylation sites (tertiary alicyclic amines) is 1. The lowest BCUT2D eigenvalue weighted by Gasteiger charge is -2.21. The molecule has 1 atom stereocenters. The van der Waals surface area contributed by atoms with Gasteiger partial charge in [0.1, 0.15) is 0 Å². The topological polar surface area (TPSA) is 20.3 Å². The van der Waals surface area contributed by atoms with Gasteiger partial charge in [-0.15, -0.1) is 0 Å². The second-order valence-electron chi connectivity index (χ2n) is 3.05. The maximum absolute atomic E-state index is 11.5. The van der Waals surface area contributed by atoms with E-state index in [0.29, 0.717) is 6.04 Å². The summed E-state index contributed by atoms with van der Waals surface area (Å²) in [6.07, 6.45) is 0.907. The molecule has 2 nitrogen and oxygen atoms in total. The quantitative estimate of drug-likeness (QED) is 0.532. The molecule has 0 bridgehead atoms. The van der Waals surface area contributed by atoms with Crippen molar-refractivity contribution in [1.82, 2.24) is 4.90 Å². The van der Waals surface area contributed by atoms with Crippen molar-refractivity contribution in [2.24, 2.45) is 0 Å². The molecule has 0 radical (unpaired) electrons. The highest BCUT2D eigenvalue weighted by molar-refractivity contribution is 14.1. The van der Waals surface area contributed by atoms with Crippen molar-refractivity contribution in [2.45, 2.75) is 28.6 Å². The minimum atomic E-state index is -0.324. The molecule has 0 saturated carbocycles. The Balaban J connectivity index is 2.71. The van der Waals surface area contributed by atoms with Crippen LogP contribution < -0.4 is 0 Å². The Bertz CT molecular complexity index is 181. The van der Waals surface area contributed by atoms with E-state index in [9.17, 15) is 4.79 Å². The fraction of sp³-hybridized carbons (Fsp3) is 0.857. The molecule has 1 unspecified atom stereocenters. The summed E-state index contributed by atoms with van der Waals surface area (Å²) in [5.41, 5.74) is 0. The van der Waals surface area contributed by atoms with Gasteiger partial charge in [-0.3, -0.25) is 4.79 Å². The third-order valence-corrected chi connectivity index (χ3v) is 3.60. The van der Waals surface area contributed by atoms with Gasteiger partial charge in [-0.1, -0.05) is 38.5 Å². The minimum Gasteiger partial charge on any atom is -0.338 e. The van der Waals surface area contributed by atoms with Crippen LogP contribution >= 0.6 is 38.5 Å². The van der Waals surface area contributed by atoms with E-state index in [4.69, 9.17) is 0 Å². The number of amides is 1. The molecule has 1 heterocycles. The van der Waals surface area contributed by atoms with Crippen LogP contribution in [-0.2, 0) is 4.79 Å². The van der Waals surface area contributed by atoms with Crippen LogP contribution in [0.15, 0.2) is 0 Å². The second-order valence-corrected chi connectivity index (χ2v) is 7.72. The maximum atomic E-state index is 11.5. The molecule has 0 aliphatic carbocycles. The number of carbonyl (C=O) groups is 1. The Hall–Kier alpha value is 0.680. The van der Waals surface area contributed by atoms with Crippen molar-refractivity contribution in [1.29, 1.82) is 0 Å². The van der Waals surface area contributed by atoms with E-state index < -0.39 is 0 Å². The van der Waals surface area contributed by atoms with Crippen molar-refractivity contribution < 1.29 is 4.79 Å². The van der Waals surface area contributed by atoms with Gasteiger partial charge in [-0.05, 0) is 20.3 Å². The Morgan fingerprint density at radius 3 is 2.45 bits per heavy atom. The number of nitrogens with zero attached hydrogens (tertiary/aromatic N) is 1. The first kappa shape index (κ1) is 9.77. The Morgan fingerprint density at radius 1 is 1.73 bits per heavy atom. The van der Waals surface area contributed by atoms with Crippen LogP contribution in [0.25, 0.3) is 0 Å². The summed E-state index contributed by atoms with van der Waals surface area (Å²) in [4.78, 5) is 13.4. The van der Waals surface area contributed by atoms with Gasteiger partial charge in [0, 0.05) is 12.6 Å². The van der Waals surface area contributed by atoms with E-state index in [1.54, 1.807) is 0 Å². The van der Waals surface area contributed by atoms with E-state index in [-0.39, 0.29) is 8.24 Å². The minimum absolute atomic E-state index is 0.216. The molecule has 11 heavy (non-hydrogen) atoms. The molecular weight excluding hydrogens is 321 g/mol. The van der Waals surface area contributed by atoms with Gasteiger partial charge in [0.2, 0.25) is 5.91 Å². The number of alkyl halides is 2. The van der Waals surface area contributed by atoms with Crippen LogP contribution in [0.1, 0.15) is 20.3 Å². The van der Waals surface area contributed by atoms with Gasteiger partial charge < -0.3 is 4.90 Å². The predicted octanol–water partition coefficient (Wildman–Crippen LogP) is 2.15. The zero-order valence-electron chi connectivity index (χ0n) is 6.60. The normalized spacial score (nSPS) is 32.1. The fourth-order valence-electron chi connectivity index (χ4n) is 1.17. The standard InChI is InChI=1S/C7H11BrINO/c1-5(2)10-4-3-7(8,9)6(10)11/h5H,3-4H2,1-2H3. The zero-order chi connectivity index (χ0) is 8.65. The van der Waals surface area contributed by atoms with Crippen molar-refractivity contribution in [3.8, 4) is 0 Å². The van der Waals surface area contributed by atoms with Gasteiger partial charge in [0.15, 0.2) is 2.33 Å². The van der Waals surface area contributed by atoms with Gasteiger partial charge in [-0.25, -0.2) is 0 Å². The third-order valence-electron chi connectivity index (χ3n) is 1.86. The van der Waals surface area contributed by atoms with Crippen LogP contribution in [0.3, 0.4) is 0 Å². The summed E-state index contributed by atoms with van der Waals surface area (Å²) >= 11 is 5.58. The largest absolute Gasteiger partial charge is 0.338 e. The molecule has 1 amide bonds. The monoisotopic (exact) mass is 331 g/mol. The average Bonchev–Trinajstić information content (AvgIpc) is 2.09.